The Morgan fingerprint density at radius 3 is 2.03 bits per heavy atom. The fourth-order valence-corrected chi connectivity index (χ4v) is 4.27. The van der Waals surface area contributed by atoms with E-state index in [1.54, 1.807) is 0 Å². The van der Waals surface area contributed by atoms with E-state index in [0.717, 1.165) is 24.1 Å². The van der Waals surface area contributed by atoms with Crippen LogP contribution in [-0.4, -0.2) is 5.91 Å². The molecule has 1 amide bonds. The molecule has 0 bridgehead atoms. The van der Waals surface area contributed by atoms with Gasteiger partial charge in [0.1, 0.15) is 0 Å². The first-order chi connectivity index (χ1) is 14.6. The van der Waals surface area contributed by atoms with E-state index in [-0.39, 0.29) is 17.2 Å². The minimum absolute atomic E-state index is 0.00123. The number of halogens is 1. The molecule has 0 spiro atoms. The molecule has 1 unspecified atom stereocenters. The average Bonchev–Trinajstić information content (AvgIpc) is 3.55. The van der Waals surface area contributed by atoms with Crippen molar-refractivity contribution in [1.82, 2.24) is 10.9 Å². The van der Waals surface area contributed by atoms with E-state index in [0.29, 0.717) is 5.02 Å². The van der Waals surface area contributed by atoms with Crippen molar-refractivity contribution in [2.24, 2.45) is 5.92 Å². The van der Waals surface area contributed by atoms with Crippen LogP contribution in [-0.2, 0) is 10.2 Å². The third kappa shape index (κ3) is 3.99. The Morgan fingerprint density at radius 2 is 1.50 bits per heavy atom. The van der Waals surface area contributed by atoms with Gasteiger partial charge in [0.25, 0.3) is 0 Å². The number of benzene rings is 3. The third-order valence-electron chi connectivity index (χ3n) is 5.74. The Hall–Kier alpha value is -3.04. The van der Waals surface area contributed by atoms with Gasteiger partial charge in [0.2, 0.25) is 5.91 Å². The van der Waals surface area contributed by atoms with Crippen LogP contribution in [0, 0.1) is 5.92 Å². The van der Waals surface area contributed by atoms with Crippen LogP contribution in [0.25, 0.3) is 5.70 Å². The van der Waals surface area contributed by atoms with Crippen LogP contribution in [0.2, 0.25) is 5.02 Å². The number of carbonyl (C=O) groups is 1. The predicted molar refractivity (Wildman–Crippen MR) is 123 cm³/mol. The Balaban J connectivity index is 1.53. The number of hydrogen-bond acceptors (Lipinski definition) is 2. The Morgan fingerprint density at radius 1 is 0.933 bits per heavy atom. The number of nitrogens with one attached hydrogen (secondary N) is 2. The van der Waals surface area contributed by atoms with E-state index in [4.69, 9.17) is 11.6 Å². The van der Waals surface area contributed by atoms with E-state index < -0.39 is 0 Å². The first-order valence-electron chi connectivity index (χ1n) is 10.3. The van der Waals surface area contributed by atoms with Gasteiger partial charge < -0.3 is 0 Å². The summed E-state index contributed by atoms with van der Waals surface area (Å²) in [5.41, 5.74) is 10.0. The molecule has 0 heterocycles. The molecule has 3 aromatic rings. The molecule has 4 rings (SSSR count). The first kappa shape index (κ1) is 20.2. The fourth-order valence-electron chi connectivity index (χ4n) is 4.15. The molecule has 30 heavy (non-hydrogen) atoms. The lowest BCUT2D eigenvalue weighted by molar-refractivity contribution is -0.123. The normalized spacial score (nSPS) is 17.3. The molecule has 152 valence electrons. The number of hydrazine groups is 1. The van der Waals surface area contributed by atoms with Crippen LogP contribution in [0.4, 0.5) is 0 Å². The number of allylic oxidation sites excluding steroid dienone is 1. The molecule has 4 heteroatoms. The van der Waals surface area contributed by atoms with Crippen LogP contribution < -0.4 is 10.9 Å². The third-order valence-corrected chi connectivity index (χ3v) is 5.99. The molecular weight excluding hydrogens is 392 g/mol. The highest BCUT2D eigenvalue weighted by Gasteiger charge is 2.60. The minimum atomic E-state index is -0.275. The number of hydrogen-bond donors (Lipinski definition) is 2. The van der Waals surface area contributed by atoms with Crippen molar-refractivity contribution in [2.45, 2.75) is 25.2 Å². The minimum Gasteiger partial charge on any atom is -0.298 e. The van der Waals surface area contributed by atoms with Gasteiger partial charge in [-0.15, -0.1) is 0 Å². The van der Waals surface area contributed by atoms with Crippen molar-refractivity contribution in [2.75, 3.05) is 0 Å². The highest BCUT2D eigenvalue weighted by molar-refractivity contribution is 6.30. The number of amides is 1. The molecule has 2 N–H and O–H groups in total. The predicted octanol–water partition coefficient (Wildman–Crippen LogP) is 5.72. The van der Waals surface area contributed by atoms with Crippen molar-refractivity contribution >= 4 is 23.2 Å². The second kappa shape index (κ2) is 8.76. The van der Waals surface area contributed by atoms with E-state index in [1.165, 1.54) is 11.1 Å². The van der Waals surface area contributed by atoms with Gasteiger partial charge in [0.15, 0.2) is 0 Å². The van der Waals surface area contributed by atoms with E-state index in [9.17, 15) is 4.79 Å². The van der Waals surface area contributed by atoms with Crippen molar-refractivity contribution < 1.29 is 4.79 Å². The summed E-state index contributed by atoms with van der Waals surface area (Å²) in [6.07, 6.45) is 3.70. The molecule has 0 aliphatic heterocycles. The molecule has 1 saturated carbocycles. The summed E-state index contributed by atoms with van der Waals surface area (Å²) in [6, 6.07) is 28.2. The fraction of sp³-hybridized carbons (Fsp3) is 0.192. The summed E-state index contributed by atoms with van der Waals surface area (Å²) in [5.74, 6) is -0.124. The highest BCUT2D eigenvalue weighted by Crippen LogP contribution is 2.58. The molecule has 0 saturated heterocycles. The maximum atomic E-state index is 13.1. The molecule has 1 atom stereocenters. The highest BCUT2D eigenvalue weighted by atomic mass is 35.5. The summed E-state index contributed by atoms with van der Waals surface area (Å²) in [6.45, 7) is 2.07. The van der Waals surface area contributed by atoms with Crippen LogP contribution in [0.5, 0.6) is 0 Å². The first-order valence-corrected chi connectivity index (χ1v) is 10.7. The van der Waals surface area contributed by atoms with Crippen LogP contribution >= 0.6 is 11.6 Å². The zero-order valence-electron chi connectivity index (χ0n) is 16.9. The standard InChI is InChI=1S/C26H25ClN2O/c1-2-9-24(19-14-16-22(27)17-15-19)28-29-25(30)23-18-26(23,20-10-5-3-6-11-20)21-12-7-4-8-13-21/h3-17,23,28H,2,18H2,1H3,(H,29,30). The van der Waals surface area contributed by atoms with Gasteiger partial charge >= 0.3 is 0 Å². The second-order valence-electron chi connectivity index (χ2n) is 7.61. The quantitative estimate of drug-likeness (QED) is 0.484. The molecule has 3 aromatic carbocycles. The largest absolute Gasteiger partial charge is 0.298 e. The summed E-state index contributed by atoms with van der Waals surface area (Å²) >= 11 is 6.01. The van der Waals surface area contributed by atoms with Gasteiger partial charge in [0, 0.05) is 10.4 Å². The lowest BCUT2D eigenvalue weighted by atomic mass is 9.85. The number of carbonyl (C=O) groups excluding carboxylic acids is 1. The summed E-state index contributed by atoms with van der Waals surface area (Å²) in [4.78, 5) is 13.1. The molecular formula is C26H25ClN2O. The SMILES string of the molecule is CCC=C(NNC(=O)C1CC1(c1ccccc1)c1ccccc1)c1ccc(Cl)cc1. The van der Waals surface area contributed by atoms with Gasteiger partial charge in [-0.2, -0.15) is 0 Å². The maximum absolute atomic E-state index is 13.1. The Labute approximate surface area is 182 Å². The average molecular weight is 417 g/mol. The Kier molecular flexibility index (Phi) is 5.91. The number of rotatable bonds is 7. The molecule has 0 aromatic heterocycles. The molecule has 1 aliphatic rings. The monoisotopic (exact) mass is 416 g/mol. The summed E-state index contributed by atoms with van der Waals surface area (Å²) in [5, 5.41) is 0.687. The van der Waals surface area contributed by atoms with Crippen LogP contribution in [0.3, 0.4) is 0 Å². The zero-order valence-corrected chi connectivity index (χ0v) is 17.7. The van der Waals surface area contributed by atoms with Crippen molar-refractivity contribution in [3.63, 3.8) is 0 Å². The molecule has 1 fully saturated rings. The van der Waals surface area contributed by atoms with Gasteiger partial charge in [-0.1, -0.05) is 97.4 Å². The van der Waals surface area contributed by atoms with Gasteiger partial charge in [-0.05, 0) is 41.7 Å². The van der Waals surface area contributed by atoms with E-state index in [1.807, 2.05) is 60.7 Å². The lowest BCUT2D eigenvalue weighted by Gasteiger charge is -2.19. The molecule has 0 radical (unpaired) electrons. The topological polar surface area (TPSA) is 41.1 Å². The van der Waals surface area contributed by atoms with Crippen molar-refractivity contribution in [1.29, 1.82) is 0 Å². The second-order valence-corrected chi connectivity index (χ2v) is 8.04. The lowest BCUT2D eigenvalue weighted by Crippen LogP contribution is -2.38. The van der Waals surface area contributed by atoms with Crippen LogP contribution in [0.15, 0.2) is 91.0 Å². The van der Waals surface area contributed by atoms with E-state index in [2.05, 4.69) is 48.1 Å². The van der Waals surface area contributed by atoms with Gasteiger partial charge in [-0.25, -0.2) is 0 Å². The molecule has 1 aliphatic carbocycles. The van der Waals surface area contributed by atoms with Crippen molar-refractivity contribution in [3.8, 4) is 0 Å². The van der Waals surface area contributed by atoms with E-state index >= 15 is 0 Å². The maximum Gasteiger partial charge on any atom is 0.242 e. The van der Waals surface area contributed by atoms with Crippen LogP contribution in [0.1, 0.15) is 36.5 Å². The Bertz CT molecular complexity index is 990. The van der Waals surface area contributed by atoms with Gasteiger partial charge in [0.05, 0.1) is 11.6 Å². The van der Waals surface area contributed by atoms with Gasteiger partial charge in [-0.3, -0.25) is 15.6 Å². The molecule has 3 nitrogen and oxygen atoms in total. The summed E-state index contributed by atoms with van der Waals surface area (Å²) < 4.78 is 0. The smallest absolute Gasteiger partial charge is 0.242 e. The van der Waals surface area contributed by atoms with Crippen molar-refractivity contribution in [3.05, 3.63) is 113 Å². The summed E-state index contributed by atoms with van der Waals surface area (Å²) in [7, 11) is 0. The zero-order chi connectivity index (χ0) is 21.0.